The Labute approximate surface area is 140 Å². The number of benzene rings is 1. The highest BCUT2D eigenvalue weighted by molar-refractivity contribution is 6.31. The molecule has 2 rings (SSSR count). The van der Waals surface area contributed by atoms with Crippen LogP contribution in [0.2, 0.25) is 5.02 Å². The number of rotatable bonds is 5. The van der Waals surface area contributed by atoms with Crippen molar-refractivity contribution in [3.63, 3.8) is 0 Å². The van der Waals surface area contributed by atoms with Gasteiger partial charge in [0.15, 0.2) is 0 Å². The molecule has 0 saturated heterocycles. The summed E-state index contributed by atoms with van der Waals surface area (Å²) in [7, 11) is 0. The summed E-state index contributed by atoms with van der Waals surface area (Å²) in [6.07, 6.45) is 3.70. The Hall–Kier alpha value is -2.40. The molecule has 2 amide bonds. The fourth-order valence-electron chi connectivity index (χ4n) is 1.97. The van der Waals surface area contributed by atoms with Gasteiger partial charge in [-0.15, -0.1) is 0 Å². The summed E-state index contributed by atoms with van der Waals surface area (Å²) in [5, 5.41) is 6.11. The first-order valence-electron chi connectivity index (χ1n) is 7.32. The Kier molecular flexibility index (Phi) is 5.71. The number of nitrogens with one attached hydrogen (secondary N) is 2. The fourth-order valence-corrected chi connectivity index (χ4v) is 2.14. The topological polar surface area (TPSA) is 71.1 Å². The second-order valence-corrected chi connectivity index (χ2v) is 5.49. The molecule has 0 unspecified atom stereocenters. The van der Waals surface area contributed by atoms with Crippen LogP contribution in [0, 0.1) is 6.92 Å². The first-order valence-corrected chi connectivity index (χ1v) is 7.70. The zero-order valence-corrected chi connectivity index (χ0v) is 13.8. The number of anilines is 1. The van der Waals surface area contributed by atoms with E-state index >= 15 is 0 Å². The largest absolute Gasteiger partial charge is 0.352 e. The van der Waals surface area contributed by atoms with Gasteiger partial charge in [0.05, 0.1) is 11.1 Å². The van der Waals surface area contributed by atoms with E-state index in [-0.39, 0.29) is 11.8 Å². The number of amides is 2. The number of pyridine rings is 1. The zero-order valence-electron chi connectivity index (χ0n) is 13.0. The SMILES string of the molecule is CCCNC(=O)c1cncc(C(=O)Nc2cccc(Cl)c2C)c1. The number of carbonyl (C=O) groups excluding carboxylic acids is 2. The predicted molar refractivity (Wildman–Crippen MR) is 91.0 cm³/mol. The molecule has 0 radical (unpaired) electrons. The molecule has 5 nitrogen and oxygen atoms in total. The standard InChI is InChI=1S/C17H18ClN3O2/c1-3-7-20-16(22)12-8-13(10-19-9-12)17(23)21-15-6-4-5-14(18)11(15)2/h4-6,8-10H,3,7H2,1-2H3,(H,20,22)(H,21,23). The van der Waals surface area contributed by atoms with E-state index in [1.54, 1.807) is 18.2 Å². The Morgan fingerprint density at radius 3 is 2.57 bits per heavy atom. The molecule has 0 atom stereocenters. The van der Waals surface area contributed by atoms with Crippen LogP contribution in [0.5, 0.6) is 0 Å². The van der Waals surface area contributed by atoms with Gasteiger partial charge < -0.3 is 10.6 Å². The van der Waals surface area contributed by atoms with E-state index in [0.717, 1.165) is 12.0 Å². The normalized spacial score (nSPS) is 10.2. The molecule has 1 aromatic carbocycles. The maximum absolute atomic E-state index is 12.3. The van der Waals surface area contributed by atoms with Crippen molar-refractivity contribution >= 4 is 29.1 Å². The molecule has 120 valence electrons. The Bertz CT molecular complexity index is 732. The molecule has 2 N–H and O–H groups in total. The van der Waals surface area contributed by atoms with Crippen LogP contribution in [0.15, 0.2) is 36.7 Å². The Morgan fingerprint density at radius 2 is 1.87 bits per heavy atom. The molecule has 1 aromatic heterocycles. The second-order valence-electron chi connectivity index (χ2n) is 5.08. The van der Waals surface area contributed by atoms with Gasteiger partial charge in [-0.3, -0.25) is 14.6 Å². The van der Waals surface area contributed by atoms with Gasteiger partial charge in [0.1, 0.15) is 0 Å². The molecule has 0 saturated carbocycles. The lowest BCUT2D eigenvalue weighted by Gasteiger charge is -2.10. The van der Waals surface area contributed by atoms with Crippen molar-refractivity contribution in [2.45, 2.75) is 20.3 Å². The van der Waals surface area contributed by atoms with Gasteiger partial charge in [-0.25, -0.2) is 0 Å². The smallest absolute Gasteiger partial charge is 0.257 e. The third-order valence-electron chi connectivity index (χ3n) is 3.31. The number of hydrogen-bond acceptors (Lipinski definition) is 3. The van der Waals surface area contributed by atoms with Gasteiger partial charge in [0, 0.05) is 29.6 Å². The van der Waals surface area contributed by atoms with Crippen molar-refractivity contribution in [3.05, 3.63) is 58.4 Å². The molecule has 0 aliphatic heterocycles. The molecular formula is C17H18ClN3O2. The van der Waals surface area contributed by atoms with Gasteiger partial charge in [0.25, 0.3) is 11.8 Å². The van der Waals surface area contributed by atoms with Crippen LogP contribution >= 0.6 is 11.6 Å². The lowest BCUT2D eigenvalue weighted by molar-refractivity contribution is 0.0953. The molecule has 0 spiro atoms. The fraction of sp³-hybridized carbons (Fsp3) is 0.235. The van der Waals surface area contributed by atoms with Crippen LogP contribution < -0.4 is 10.6 Å². The van der Waals surface area contributed by atoms with E-state index in [1.807, 2.05) is 13.8 Å². The van der Waals surface area contributed by atoms with Crippen LogP contribution in [0.3, 0.4) is 0 Å². The second kappa shape index (κ2) is 7.74. The van der Waals surface area contributed by atoms with Crippen molar-refractivity contribution in [1.82, 2.24) is 10.3 Å². The molecule has 2 aromatic rings. The van der Waals surface area contributed by atoms with Crippen LogP contribution in [0.4, 0.5) is 5.69 Å². The van der Waals surface area contributed by atoms with E-state index in [2.05, 4.69) is 15.6 Å². The maximum Gasteiger partial charge on any atom is 0.257 e. The van der Waals surface area contributed by atoms with Crippen LogP contribution in [-0.4, -0.2) is 23.3 Å². The lowest BCUT2D eigenvalue weighted by atomic mass is 10.1. The summed E-state index contributed by atoms with van der Waals surface area (Å²) in [6, 6.07) is 6.81. The quantitative estimate of drug-likeness (QED) is 0.881. The molecule has 0 bridgehead atoms. The maximum atomic E-state index is 12.3. The number of hydrogen-bond donors (Lipinski definition) is 2. The van der Waals surface area contributed by atoms with Gasteiger partial charge in [-0.05, 0) is 37.1 Å². The van der Waals surface area contributed by atoms with Gasteiger partial charge >= 0.3 is 0 Å². The Morgan fingerprint density at radius 1 is 1.17 bits per heavy atom. The number of aromatic nitrogens is 1. The van der Waals surface area contributed by atoms with Crippen LogP contribution in [-0.2, 0) is 0 Å². The third-order valence-corrected chi connectivity index (χ3v) is 3.72. The van der Waals surface area contributed by atoms with Crippen LogP contribution in [0.1, 0.15) is 39.6 Å². The van der Waals surface area contributed by atoms with Gasteiger partial charge in [-0.1, -0.05) is 24.6 Å². The minimum atomic E-state index is -0.340. The van der Waals surface area contributed by atoms with Gasteiger partial charge in [-0.2, -0.15) is 0 Å². The summed E-state index contributed by atoms with van der Waals surface area (Å²) in [5.74, 6) is -0.582. The number of nitrogens with zero attached hydrogens (tertiary/aromatic N) is 1. The minimum Gasteiger partial charge on any atom is -0.352 e. The summed E-state index contributed by atoms with van der Waals surface area (Å²) in [6.45, 7) is 4.37. The van der Waals surface area contributed by atoms with E-state index in [9.17, 15) is 9.59 Å². The van der Waals surface area contributed by atoms with E-state index in [4.69, 9.17) is 11.6 Å². The summed E-state index contributed by atoms with van der Waals surface area (Å²) < 4.78 is 0. The molecule has 0 aliphatic carbocycles. The van der Waals surface area contributed by atoms with Crippen molar-refractivity contribution in [1.29, 1.82) is 0 Å². The zero-order chi connectivity index (χ0) is 16.8. The summed E-state index contributed by atoms with van der Waals surface area (Å²) in [4.78, 5) is 28.2. The summed E-state index contributed by atoms with van der Waals surface area (Å²) in [5.41, 5.74) is 2.08. The average Bonchev–Trinajstić information content (AvgIpc) is 2.57. The van der Waals surface area contributed by atoms with Crippen molar-refractivity contribution in [3.8, 4) is 0 Å². The monoisotopic (exact) mass is 331 g/mol. The Balaban J connectivity index is 2.16. The highest BCUT2D eigenvalue weighted by atomic mass is 35.5. The molecular weight excluding hydrogens is 314 g/mol. The number of halogens is 1. The van der Waals surface area contributed by atoms with E-state index < -0.39 is 0 Å². The van der Waals surface area contributed by atoms with Crippen molar-refractivity contribution in [2.75, 3.05) is 11.9 Å². The summed E-state index contributed by atoms with van der Waals surface area (Å²) >= 11 is 6.04. The third kappa shape index (κ3) is 4.29. The van der Waals surface area contributed by atoms with Crippen molar-refractivity contribution in [2.24, 2.45) is 0 Å². The molecule has 0 fully saturated rings. The first kappa shape index (κ1) is 17.0. The van der Waals surface area contributed by atoms with Crippen molar-refractivity contribution < 1.29 is 9.59 Å². The highest BCUT2D eigenvalue weighted by Gasteiger charge is 2.12. The van der Waals surface area contributed by atoms with Gasteiger partial charge in [0.2, 0.25) is 0 Å². The average molecular weight is 332 g/mol. The molecule has 0 aliphatic rings. The lowest BCUT2D eigenvalue weighted by Crippen LogP contribution is -2.24. The molecule has 1 heterocycles. The van der Waals surface area contributed by atoms with Crippen LogP contribution in [0.25, 0.3) is 0 Å². The van der Waals surface area contributed by atoms with E-state index in [0.29, 0.717) is 28.4 Å². The highest BCUT2D eigenvalue weighted by Crippen LogP contribution is 2.23. The first-order chi connectivity index (χ1) is 11.0. The molecule has 6 heteroatoms. The predicted octanol–water partition coefficient (Wildman–Crippen LogP) is 3.44. The van der Waals surface area contributed by atoms with E-state index in [1.165, 1.54) is 18.5 Å². The minimum absolute atomic E-state index is 0.243. The number of carbonyl (C=O) groups is 2. The molecule has 23 heavy (non-hydrogen) atoms.